The quantitative estimate of drug-likeness (QED) is 0.698. The first-order valence-electron chi connectivity index (χ1n) is 6.29. The van der Waals surface area contributed by atoms with E-state index < -0.39 is 0 Å². The van der Waals surface area contributed by atoms with Crippen LogP contribution in [0.25, 0.3) is 0 Å². The maximum absolute atomic E-state index is 12.0. The van der Waals surface area contributed by atoms with Gasteiger partial charge in [-0.05, 0) is 26.8 Å². The fourth-order valence-corrected chi connectivity index (χ4v) is 2.16. The average molecular weight is 257 g/mol. The molecule has 98 valence electrons. The molecule has 0 aromatic heterocycles. The molecule has 0 spiro atoms. The lowest BCUT2D eigenvalue weighted by Gasteiger charge is -2.25. The Morgan fingerprint density at radius 1 is 1.53 bits per heavy atom. The van der Waals surface area contributed by atoms with Crippen LogP contribution in [0.15, 0.2) is 0 Å². The molecule has 1 saturated carbocycles. The van der Waals surface area contributed by atoms with E-state index in [1.165, 1.54) is 12.8 Å². The van der Waals surface area contributed by atoms with Crippen LogP contribution in [0.3, 0.4) is 0 Å². The molecule has 0 aromatic carbocycles. The van der Waals surface area contributed by atoms with Crippen molar-refractivity contribution in [3.8, 4) is 0 Å². The van der Waals surface area contributed by atoms with E-state index in [0.717, 1.165) is 19.4 Å². The molecule has 1 aliphatic rings. The molecule has 1 atom stereocenters. The molecule has 0 radical (unpaired) electrons. The Labute approximate surface area is 109 Å². The molecule has 0 heterocycles. The second-order valence-electron chi connectivity index (χ2n) is 4.86. The number of nitrogens with one attached hydrogen (secondary N) is 1. The maximum Gasteiger partial charge on any atom is 0.237 e. The lowest BCUT2D eigenvalue weighted by molar-refractivity contribution is -0.126. The summed E-state index contributed by atoms with van der Waals surface area (Å²) in [5, 5.41) is 3.10. The highest BCUT2D eigenvalue weighted by atomic mass is 32.1. The van der Waals surface area contributed by atoms with Crippen molar-refractivity contribution in [1.29, 1.82) is 0 Å². The van der Waals surface area contributed by atoms with Gasteiger partial charge in [0.1, 0.15) is 0 Å². The number of rotatable bonds is 6. The summed E-state index contributed by atoms with van der Waals surface area (Å²) in [6.45, 7) is 2.65. The van der Waals surface area contributed by atoms with Gasteiger partial charge >= 0.3 is 0 Å². The molecule has 1 amide bonds. The summed E-state index contributed by atoms with van der Waals surface area (Å²) in [7, 11) is 1.93. The average Bonchev–Trinajstić information content (AvgIpc) is 2.77. The first-order chi connectivity index (χ1) is 8.00. The molecular weight excluding hydrogens is 234 g/mol. The van der Waals surface area contributed by atoms with Crippen molar-refractivity contribution in [1.82, 2.24) is 10.2 Å². The van der Waals surface area contributed by atoms with Crippen LogP contribution < -0.4 is 11.1 Å². The first-order valence-corrected chi connectivity index (χ1v) is 6.70. The summed E-state index contributed by atoms with van der Waals surface area (Å²) in [5.74, 6) is 0.113. The topological polar surface area (TPSA) is 58.4 Å². The zero-order chi connectivity index (χ0) is 12.8. The predicted octanol–water partition coefficient (Wildman–Crippen LogP) is 1.04. The summed E-state index contributed by atoms with van der Waals surface area (Å²) in [4.78, 5) is 14.5. The van der Waals surface area contributed by atoms with Crippen molar-refractivity contribution < 1.29 is 4.79 Å². The molecule has 1 unspecified atom stereocenters. The number of likely N-dealkylation sites (N-methyl/N-ethyl adjacent to an activating group) is 1. The molecule has 3 N–H and O–H groups in total. The minimum Gasteiger partial charge on any atom is -0.393 e. The number of nitrogens with zero attached hydrogens (tertiary/aromatic N) is 1. The highest BCUT2D eigenvalue weighted by Gasteiger charge is 2.22. The summed E-state index contributed by atoms with van der Waals surface area (Å²) in [6, 6.07) is 0.263. The van der Waals surface area contributed by atoms with Gasteiger partial charge < -0.3 is 11.1 Å². The second-order valence-corrected chi connectivity index (χ2v) is 5.39. The molecule has 5 heteroatoms. The number of nitrogens with two attached hydrogens (primary N) is 1. The van der Waals surface area contributed by atoms with Crippen molar-refractivity contribution in [3.63, 3.8) is 0 Å². The molecule has 0 aliphatic heterocycles. The Morgan fingerprint density at radius 3 is 2.65 bits per heavy atom. The lowest BCUT2D eigenvalue weighted by Crippen LogP contribution is -2.46. The molecule has 1 rings (SSSR count). The third kappa shape index (κ3) is 5.00. The Balaban J connectivity index is 2.31. The number of carbonyl (C=O) groups is 1. The van der Waals surface area contributed by atoms with Crippen molar-refractivity contribution in [3.05, 3.63) is 0 Å². The summed E-state index contributed by atoms with van der Waals surface area (Å²) in [6.07, 6.45) is 5.37. The zero-order valence-electron chi connectivity index (χ0n) is 10.7. The molecular formula is C12H23N3OS. The van der Waals surface area contributed by atoms with Crippen molar-refractivity contribution in [2.75, 3.05) is 13.6 Å². The first kappa shape index (κ1) is 14.4. The minimum absolute atomic E-state index is 0.113. The number of carbonyl (C=O) groups excluding carboxylic acids is 1. The van der Waals surface area contributed by atoms with Crippen LogP contribution in [0.4, 0.5) is 0 Å². The standard InChI is InChI=1S/C12H23N3OS/c1-9(15(2)8-7-11(13)17)12(16)14-10-5-3-4-6-10/h9-10H,3-8H2,1-2H3,(H2,13,17)(H,14,16). The van der Waals surface area contributed by atoms with Gasteiger partial charge in [0.2, 0.25) is 5.91 Å². The lowest BCUT2D eigenvalue weighted by atomic mass is 10.2. The number of hydrogen-bond acceptors (Lipinski definition) is 3. The normalized spacial score (nSPS) is 18.3. The van der Waals surface area contributed by atoms with E-state index in [0.29, 0.717) is 17.5 Å². The van der Waals surface area contributed by atoms with Gasteiger partial charge in [-0.1, -0.05) is 25.1 Å². The Bertz CT molecular complexity index is 277. The van der Waals surface area contributed by atoms with E-state index in [4.69, 9.17) is 18.0 Å². The summed E-state index contributed by atoms with van der Waals surface area (Å²) in [5.41, 5.74) is 5.45. The van der Waals surface area contributed by atoms with Crippen LogP contribution in [0, 0.1) is 0 Å². The van der Waals surface area contributed by atoms with Gasteiger partial charge in [0.15, 0.2) is 0 Å². The summed E-state index contributed by atoms with van der Waals surface area (Å²) < 4.78 is 0. The summed E-state index contributed by atoms with van der Waals surface area (Å²) >= 11 is 4.83. The Hall–Kier alpha value is -0.680. The SMILES string of the molecule is CC(C(=O)NC1CCCC1)N(C)CCC(N)=S. The van der Waals surface area contributed by atoms with E-state index >= 15 is 0 Å². The van der Waals surface area contributed by atoms with Gasteiger partial charge in [-0.2, -0.15) is 0 Å². The predicted molar refractivity (Wildman–Crippen MR) is 73.9 cm³/mol. The van der Waals surface area contributed by atoms with Gasteiger partial charge in [-0.25, -0.2) is 0 Å². The van der Waals surface area contributed by atoms with Gasteiger partial charge in [-0.3, -0.25) is 9.69 Å². The molecule has 0 bridgehead atoms. The third-order valence-electron chi connectivity index (χ3n) is 3.45. The fourth-order valence-electron chi connectivity index (χ4n) is 2.07. The maximum atomic E-state index is 12.0. The van der Waals surface area contributed by atoms with Crippen LogP contribution in [-0.2, 0) is 4.79 Å². The van der Waals surface area contributed by atoms with Crippen molar-refractivity contribution in [2.24, 2.45) is 5.73 Å². The smallest absolute Gasteiger partial charge is 0.237 e. The molecule has 1 aliphatic carbocycles. The second kappa shape index (κ2) is 6.91. The van der Waals surface area contributed by atoms with Crippen LogP contribution in [0.1, 0.15) is 39.0 Å². The molecule has 0 saturated heterocycles. The van der Waals surface area contributed by atoms with Gasteiger partial charge in [0, 0.05) is 19.0 Å². The largest absolute Gasteiger partial charge is 0.393 e. The Kier molecular flexibility index (Phi) is 5.85. The molecule has 4 nitrogen and oxygen atoms in total. The highest BCUT2D eigenvalue weighted by molar-refractivity contribution is 7.80. The molecule has 0 aromatic rings. The minimum atomic E-state index is -0.120. The van der Waals surface area contributed by atoms with Crippen LogP contribution in [-0.4, -0.2) is 41.5 Å². The van der Waals surface area contributed by atoms with Crippen molar-refractivity contribution >= 4 is 23.1 Å². The van der Waals surface area contributed by atoms with E-state index in [1.807, 2.05) is 18.9 Å². The van der Waals surface area contributed by atoms with Gasteiger partial charge in [0.25, 0.3) is 0 Å². The van der Waals surface area contributed by atoms with Gasteiger partial charge in [-0.15, -0.1) is 0 Å². The van der Waals surface area contributed by atoms with E-state index in [9.17, 15) is 4.79 Å². The van der Waals surface area contributed by atoms with Crippen LogP contribution in [0.2, 0.25) is 0 Å². The highest BCUT2D eigenvalue weighted by Crippen LogP contribution is 2.17. The number of thiocarbonyl (C=S) groups is 1. The van der Waals surface area contributed by atoms with Gasteiger partial charge in [0.05, 0.1) is 11.0 Å². The van der Waals surface area contributed by atoms with Crippen LogP contribution >= 0.6 is 12.2 Å². The van der Waals surface area contributed by atoms with Crippen molar-refractivity contribution in [2.45, 2.75) is 51.1 Å². The number of hydrogen-bond donors (Lipinski definition) is 2. The number of amides is 1. The fraction of sp³-hybridized carbons (Fsp3) is 0.833. The zero-order valence-corrected chi connectivity index (χ0v) is 11.6. The molecule has 1 fully saturated rings. The third-order valence-corrected chi connectivity index (χ3v) is 3.66. The van der Waals surface area contributed by atoms with E-state index in [-0.39, 0.29) is 11.9 Å². The monoisotopic (exact) mass is 257 g/mol. The van der Waals surface area contributed by atoms with E-state index in [1.54, 1.807) is 0 Å². The molecule has 17 heavy (non-hydrogen) atoms. The van der Waals surface area contributed by atoms with Crippen LogP contribution in [0.5, 0.6) is 0 Å². The Morgan fingerprint density at radius 2 is 2.12 bits per heavy atom. The van der Waals surface area contributed by atoms with E-state index in [2.05, 4.69) is 5.32 Å².